The first-order valence-corrected chi connectivity index (χ1v) is 11.7. The van der Waals surface area contributed by atoms with Crippen LogP contribution in [0.4, 0.5) is 10.6 Å². The van der Waals surface area contributed by atoms with E-state index in [9.17, 15) is 4.79 Å². The monoisotopic (exact) mass is 531 g/mol. The number of anilines is 1. The number of cyclic esters (lactones) is 1. The Bertz CT molecular complexity index is 1250. The number of amides is 1. The van der Waals surface area contributed by atoms with Crippen molar-refractivity contribution in [2.24, 2.45) is 0 Å². The van der Waals surface area contributed by atoms with E-state index in [1.54, 1.807) is 25.3 Å². The standard InChI is InChI=1S/C23H26BrN5O5/c1-23(2)17-12-33-16(11-29(17)22(30)34-23)21-27-19(24)18-20(25-7-8-28(18)21)26-10-13-5-6-14(31-3)9-15(13)32-4/h5-9,16-17H,10-12H2,1-4H3,(H,25,26)/t16-,17+/m1/s1. The van der Waals surface area contributed by atoms with Crippen molar-refractivity contribution >= 4 is 33.4 Å². The van der Waals surface area contributed by atoms with Crippen molar-refractivity contribution in [3.05, 3.63) is 46.6 Å². The van der Waals surface area contributed by atoms with E-state index in [2.05, 4.69) is 26.2 Å². The van der Waals surface area contributed by atoms with E-state index in [1.807, 2.05) is 42.6 Å². The van der Waals surface area contributed by atoms with Gasteiger partial charge in [-0.25, -0.2) is 14.8 Å². The molecule has 0 saturated carbocycles. The van der Waals surface area contributed by atoms with Crippen LogP contribution in [0.2, 0.25) is 0 Å². The molecule has 4 heterocycles. The number of carbonyl (C=O) groups excluding carboxylic acids is 1. The summed E-state index contributed by atoms with van der Waals surface area (Å²) in [6.07, 6.45) is 2.83. The third-order valence-electron chi connectivity index (χ3n) is 6.35. The topological polar surface area (TPSA) is 99.5 Å². The number of methoxy groups -OCH3 is 2. The molecule has 2 aromatic heterocycles. The number of morpholine rings is 1. The summed E-state index contributed by atoms with van der Waals surface area (Å²) in [5.74, 6) is 2.79. The largest absolute Gasteiger partial charge is 0.497 e. The van der Waals surface area contributed by atoms with Gasteiger partial charge in [-0.05, 0) is 41.9 Å². The number of halogens is 1. The Morgan fingerprint density at radius 1 is 1.29 bits per heavy atom. The normalized spacial score (nSPS) is 21.3. The SMILES string of the molecule is COc1ccc(CNc2nccn3c([C@H]4CN5C(=O)OC(C)(C)[C@@H]5CO4)nc(Br)c23)c(OC)c1. The molecule has 0 unspecified atom stereocenters. The molecule has 0 aliphatic carbocycles. The number of benzene rings is 1. The maximum Gasteiger partial charge on any atom is 0.410 e. The Morgan fingerprint density at radius 2 is 2.12 bits per heavy atom. The molecule has 34 heavy (non-hydrogen) atoms. The average molecular weight is 532 g/mol. The highest BCUT2D eigenvalue weighted by molar-refractivity contribution is 9.10. The second kappa shape index (κ2) is 8.62. The minimum Gasteiger partial charge on any atom is -0.497 e. The van der Waals surface area contributed by atoms with Gasteiger partial charge < -0.3 is 24.3 Å². The van der Waals surface area contributed by atoms with Crippen molar-refractivity contribution in [1.29, 1.82) is 0 Å². The van der Waals surface area contributed by atoms with Gasteiger partial charge in [0.05, 0.1) is 33.4 Å². The van der Waals surface area contributed by atoms with E-state index in [1.165, 1.54) is 0 Å². The molecule has 2 aliphatic rings. The number of rotatable bonds is 6. The fourth-order valence-corrected chi connectivity index (χ4v) is 5.06. The number of nitrogens with one attached hydrogen (secondary N) is 1. The predicted octanol–water partition coefficient (Wildman–Crippen LogP) is 3.79. The summed E-state index contributed by atoms with van der Waals surface area (Å²) in [5.41, 5.74) is 1.15. The van der Waals surface area contributed by atoms with Gasteiger partial charge in [-0.15, -0.1) is 0 Å². The summed E-state index contributed by atoms with van der Waals surface area (Å²) in [4.78, 5) is 23.4. The number of aromatic nitrogens is 3. The van der Waals surface area contributed by atoms with Gasteiger partial charge in [-0.3, -0.25) is 9.30 Å². The molecular weight excluding hydrogens is 506 g/mol. The maximum atomic E-state index is 12.4. The molecular formula is C23H26BrN5O5. The van der Waals surface area contributed by atoms with Crippen LogP contribution in [0.25, 0.3) is 5.52 Å². The lowest BCUT2D eigenvalue weighted by Crippen LogP contribution is -2.50. The summed E-state index contributed by atoms with van der Waals surface area (Å²) in [6.45, 7) is 5.05. The van der Waals surface area contributed by atoms with E-state index in [4.69, 9.17) is 23.9 Å². The smallest absolute Gasteiger partial charge is 0.410 e. The van der Waals surface area contributed by atoms with Crippen LogP contribution < -0.4 is 14.8 Å². The van der Waals surface area contributed by atoms with Crippen LogP contribution in [0.3, 0.4) is 0 Å². The summed E-state index contributed by atoms with van der Waals surface area (Å²) in [7, 11) is 3.25. The number of hydrogen-bond donors (Lipinski definition) is 1. The first-order chi connectivity index (χ1) is 16.3. The molecule has 2 aliphatic heterocycles. The molecule has 11 heteroatoms. The van der Waals surface area contributed by atoms with E-state index in [0.717, 1.165) is 22.6 Å². The lowest BCUT2D eigenvalue weighted by Gasteiger charge is -2.36. The van der Waals surface area contributed by atoms with Crippen LogP contribution in [0, 0.1) is 0 Å². The van der Waals surface area contributed by atoms with Crippen molar-refractivity contribution in [2.75, 3.05) is 32.7 Å². The van der Waals surface area contributed by atoms with Gasteiger partial charge in [0.15, 0.2) is 5.82 Å². The van der Waals surface area contributed by atoms with Crippen LogP contribution in [0.5, 0.6) is 11.5 Å². The zero-order chi connectivity index (χ0) is 24.0. The van der Waals surface area contributed by atoms with Crippen LogP contribution in [-0.4, -0.2) is 64.4 Å². The fourth-order valence-electron chi connectivity index (χ4n) is 4.49. The van der Waals surface area contributed by atoms with E-state index in [0.29, 0.717) is 35.9 Å². The molecule has 180 valence electrons. The Hall–Kier alpha value is -3.05. The van der Waals surface area contributed by atoms with Crippen molar-refractivity contribution in [2.45, 2.75) is 38.1 Å². The summed E-state index contributed by atoms with van der Waals surface area (Å²) in [6, 6.07) is 5.56. The van der Waals surface area contributed by atoms with Crippen LogP contribution in [0.1, 0.15) is 31.3 Å². The molecule has 2 fully saturated rings. The second-order valence-electron chi connectivity index (χ2n) is 8.75. The van der Waals surface area contributed by atoms with Gasteiger partial charge in [0, 0.05) is 30.6 Å². The van der Waals surface area contributed by atoms with Crippen molar-refractivity contribution in [1.82, 2.24) is 19.3 Å². The Morgan fingerprint density at radius 3 is 2.88 bits per heavy atom. The second-order valence-corrected chi connectivity index (χ2v) is 9.50. The van der Waals surface area contributed by atoms with Gasteiger partial charge in [0.2, 0.25) is 0 Å². The molecule has 1 aromatic carbocycles. The molecule has 5 rings (SSSR count). The van der Waals surface area contributed by atoms with Crippen LogP contribution in [0.15, 0.2) is 35.2 Å². The highest BCUT2D eigenvalue weighted by Crippen LogP contribution is 2.37. The number of nitrogens with zero attached hydrogens (tertiary/aromatic N) is 4. The Balaban J connectivity index is 1.41. The molecule has 0 bridgehead atoms. The Labute approximate surface area is 205 Å². The summed E-state index contributed by atoms with van der Waals surface area (Å²) >= 11 is 3.58. The molecule has 1 amide bonds. The minimum atomic E-state index is -0.583. The summed E-state index contributed by atoms with van der Waals surface area (Å²) in [5, 5.41) is 3.38. The zero-order valence-corrected chi connectivity index (χ0v) is 21.0. The number of imidazole rings is 1. The molecule has 3 aromatic rings. The maximum absolute atomic E-state index is 12.4. The van der Waals surface area contributed by atoms with Gasteiger partial charge in [-0.2, -0.15) is 0 Å². The number of ether oxygens (including phenoxy) is 4. The third kappa shape index (κ3) is 3.82. The van der Waals surface area contributed by atoms with Crippen LogP contribution >= 0.6 is 15.9 Å². The highest BCUT2D eigenvalue weighted by Gasteiger charge is 2.51. The molecule has 10 nitrogen and oxygen atoms in total. The van der Waals surface area contributed by atoms with Crippen LogP contribution in [-0.2, 0) is 16.0 Å². The first-order valence-electron chi connectivity index (χ1n) is 10.9. The molecule has 0 spiro atoms. The molecule has 2 saturated heterocycles. The van der Waals surface area contributed by atoms with E-state index >= 15 is 0 Å². The van der Waals surface area contributed by atoms with Crippen molar-refractivity contribution in [3.8, 4) is 11.5 Å². The zero-order valence-electron chi connectivity index (χ0n) is 19.4. The molecule has 1 N–H and O–H groups in total. The number of carbonyl (C=O) groups is 1. The van der Waals surface area contributed by atoms with Gasteiger partial charge in [0.1, 0.15) is 39.1 Å². The molecule has 0 radical (unpaired) electrons. The third-order valence-corrected chi connectivity index (χ3v) is 6.90. The van der Waals surface area contributed by atoms with Gasteiger partial charge in [0.25, 0.3) is 0 Å². The first kappa shape index (κ1) is 22.7. The predicted molar refractivity (Wildman–Crippen MR) is 127 cm³/mol. The molecule has 2 atom stereocenters. The van der Waals surface area contributed by atoms with Crippen molar-refractivity contribution < 1.29 is 23.7 Å². The number of fused-ring (bicyclic) bond motifs is 2. The highest BCUT2D eigenvalue weighted by atomic mass is 79.9. The Kier molecular flexibility index (Phi) is 5.76. The summed E-state index contributed by atoms with van der Waals surface area (Å²) < 4.78 is 25.0. The number of hydrogen-bond acceptors (Lipinski definition) is 8. The van der Waals surface area contributed by atoms with Gasteiger partial charge >= 0.3 is 6.09 Å². The average Bonchev–Trinajstić information content (AvgIpc) is 3.30. The van der Waals surface area contributed by atoms with E-state index in [-0.39, 0.29) is 12.1 Å². The minimum absolute atomic E-state index is 0.121. The lowest BCUT2D eigenvalue weighted by atomic mass is 9.98. The van der Waals surface area contributed by atoms with Gasteiger partial charge in [-0.1, -0.05) is 0 Å². The quantitative estimate of drug-likeness (QED) is 0.512. The lowest BCUT2D eigenvalue weighted by molar-refractivity contribution is -0.0632. The fraction of sp³-hybridized carbons (Fsp3) is 0.435. The van der Waals surface area contributed by atoms with E-state index < -0.39 is 11.7 Å². The van der Waals surface area contributed by atoms with Crippen molar-refractivity contribution in [3.63, 3.8) is 0 Å².